The number of nitro groups is 2. The van der Waals surface area contributed by atoms with E-state index in [0.717, 1.165) is 6.07 Å². The summed E-state index contributed by atoms with van der Waals surface area (Å²) in [6.07, 6.45) is 0. The number of nitrogens with zero attached hydrogens (tertiary/aromatic N) is 2. The smallest absolute Gasteiger partial charge is 0.288 e. The quantitative estimate of drug-likeness (QED) is 0.675. The van der Waals surface area contributed by atoms with Crippen LogP contribution < -0.4 is 5.32 Å². The predicted octanol–water partition coefficient (Wildman–Crippen LogP) is 3.72. The molecule has 8 nitrogen and oxygen atoms in total. The van der Waals surface area contributed by atoms with Crippen molar-refractivity contribution in [2.45, 2.75) is 6.92 Å². The number of hydrogen-bond acceptors (Lipinski definition) is 5. The number of carbonyl (C=O) groups is 1. The molecule has 1 amide bonds. The molecule has 0 spiro atoms. The highest BCUT2D eigenvalue weighted by molar-refractivity contribution is 6.32. The Kier molecular flexibility index (Phi) is 4.56. The number of benzene rings is 2. The van der Waals surface area contributed by atoms with Crippen molar-refractivity contribution in [2.24, 2.45) is 0 Å². The minimum atomic E-state index is -0.697. The number of nitro benzene ring substituents is 2. The SMILES string of the molecule is Cc1ccc([N+](=O)[O-])cc1NC(=O)c1ccc(Cl)c([N+](=O)[O-])c1. The molecule has 0 radical (unpaired) electrons. The Morgan fingerprint density at radius 1 is 1.09 bits per heavy atom. The molecule has 118 valence electrons. The number of nitrogens with one attached hydrogen (secondary N) is 1. The topological polar surface area (TPSA) is 115 Å². The standard InChI is InChI=1S/C14H10ClN3O5/c1-8-2-4-10(17(20)21)7-12(8)16-14(19)9-3-5-11(15)13(6-9)18(22)23/h2-7H,1H3,(H,16,19). The number of hydrogen-bond donors (Lipinski definition) is 1. The molecule has 2 aromatic rings. The van der Waals surface area contributed by atoms with E-state index in [2.05, 4.69) is 5.32 Å². The number of non-ortho nitro benzene ring substituents is 1. The fourth-order valence-electron chi connectivity index (χ4n) is 1.85. The maximum atomic E-state index is 12.2. The van der Waals surface area contributed by atoms with Crippen LogP contribution in [0.2, 0.25) is 5.02 Å². The normalized spacial score (nSPS) is 10.2. The van der Waals surface area contributed by atoms with Crippen molar-refractivity contribution in [2.75, 3.05) is 5.32 Å². The lowest BCUT2D eigenvalue weighted by Crippen LogP contribution is -2.13. The van der Waals surface area contributed by atoms with Crippen LogP contribution in [0, 0.1) is 27.2 Å². The van der Waals surface area contributed by atoms with Crippen LogP contribution >= 0.6 is 11.6 Å². The van der Waals surface area contributed by atoms with E-state index in [1.54, 1.807) is 6.92 Å². The maximum Gasteiger partial charge on any atom is 0.288 e. The number of halogens is 1. The summed E-state index contributed by atoms with van der Waals surface area (Å²) in [5.41, 5.74) is 0.323. The lowest BCUT2D eigenvalue weighted by molar-refractivity contribution is -0.384. The molecule has 9 heteroatoms. The average molecular weight is 336 g/mol. The first-order chi connectivity index (χ1) is 10.8. The van der Waals surface area contributed by atoms with Crippen LogP contribution in [0.3, 0.4) is 0 Å². The molecule has 2 aromatic carbocycles. The fraction of sp³-hybridized carbons (Fsp3) is 0.0714. The van der Waals surface area contributed by atoms with E-state index in [1.165, 1.54) is 30.3 Å². The summed E-state index contributed by atoms with van der Waals surface area (Å²) in [5.74, 6) is -0.631. The van der Waals surface area contributed by atoms with E-state index in [4.69, 9.17) is 11.6 Å². The Bertz CT molecular complexity index is 822. The first-order valence-corrected chi connectivity index (χ1v) is 6.67. The maximum absolute atomic E-state index is 12.2. The zero-order valence-corrected chi connectivity index (χ0v) is 12.5. The van der Waals surface area contributed by atoms with Crippen molar-refractivity contribution < 1.29 is 14.6 Å². The summed E-state index contributed by atoms with van der Waals surface area (Å²) >= 11 is 5.69. The molecule has 0 aliphatic carbocycles. The zero-order chi connectivity index (χ0) is 17.1. The molecule has 0 bridgehead atoms. The van der Waals surface area contributed by atoms with Crippen LogP contribution in [-0.4, -0.2) is 15.8 Å². The van der Waals surface area contributed by atoms with Crippen molar-refractivity contribution >= 4 is 34.6 Å². The van der Waals surface area contributed by atoms with Crippen molar-refractivity contribution in [1.29, 1.82) is 0 Å². The molecule has 0 fully saturated rings. The molecule has 0 saturated heterocycles. The second-order valence-electron chi connectivity index (χ2n) is 4.63. The van der Waals surface area contributed by atoms with Crippen LogP contribution in [0.5, 0.6) is 0 Å². The minimum Gasteiger partial charge on any atom is -0.321 e. The van der Waals surface area contributed by atoms with Crippen molar-refractivity contribution in [3.8, 4) is 0 Å². The molecule has 0 saturated carbocycles. The first kappa shape index (κ1) is 16.4. The highest BCUT2D eigenvalue weighted by Crippen LogP contribution is 2.26. The third kappa shape index (κ3) is 3.61. The molecule has 0 atom stereocenters. The molecular weight excluding hydrogens is 326 g/mol. The highest BCUT2D eigenvalue weighted by Gasteiger charge is 2.17. The van der Waals surface area contributed by atoms with Crippen molar-refractivity contribution in [1.82, 2.24) is 0 Å². The van der Waals surface area contributed by atoms with E-state index >= 15 is 0 Å². The number of carbonyl (C=O) groups excluding carboxylic acids is 1. The molecule has 1 N–H and O–H groups in total. The number of rotatable bonds is 4. The minimum absolute atomic E-state index is 0.0204. The Hall–Kier alpha value is -3.00. The third-order valence-electron chi connectivity index (χ3n) is 3.09. The Morgan fingerprint density at radius 3 is 2.39 bits per heavy atom. The molecule has 2 rings (SSSR count). The second-order valence-corrected chi connectivity index (χ2v) is 5.04. The zero-order valence-electron chi connectivity index (χ0n) is 11.8. The van der Waals surface area contributed by atoms with Gasteiger partial charge in [-0.25, -0.2) is 0 Å². The number of amides is 1. The monoisotopic (exact) mass is 335 g/mol. The molecule has 0 heterocycles. The lowest BCUT2D eigenvalue weighted by atomic mass is 10.1. The number of aryl methyl sites for hydroxylation is 1. The lowest BCUT2D eigenvalue weighted by Gasteiger charge is -2.08. The van der Waals surface area contributed by atoms with Crippen LogP contribution in [-0.2, 0) is 0 Å². The molecule has 0 unspecified atom stereocenters. The molecule has 23 heavy (non-hydrogen) atoms. The first-order valence-electron chi connectivity index (χ1n) is 6.30. The molecule has 0 aromatic heterocycles. The van der Waals surface area contributed by atoms with Gasteiger partial charge in [-0.15, -0.1) is 0 Å². The van der Waals surface area contributed by atoms with E-state index in [9.17, 15) is 25.0 Å². The third-order valence-corrected chi connectivity index (χ3v) is 3.40. The summed E-state index contributed by atoms with van der Waals surface area (Å²) in [4.78, 5) is 32.5. The van der Waals surface area contributed by atoms with E-state index in [0.29, 0.717) is 5.56 Å². The van der Waals surface area contributed by atoms with Crippen molar-refractivity contribution in [3.05, 3.63) is 72.8 Å². The van der Waals surface area contributed by atoms with Gasteiger partial charge in [-0.05, 0) is 24.6 Å². The average Bonchev–Trinajstić information content (AvgIpc) is 2.49. The van der Waals surface area contributed by atoms with Crippen molar-refractivity contribution in [3.63, 3.8) is 0 Å². The summed E-state index contributed by atoms with van der Waals surface area (Å²) in [6.45, 7) is 1.67. The van der Waals surface area contributed by atoms with Gasteiger partial charge >= 0.3 is 0 Å². The van der Waals surface area contributed by atoms with E-state index < -0.39 is 21.4 Å². The van der Waals surface area contributed by atoms with Gasteiger partial charge in [0.2, 0.25) is 0 Å². The van der Waals surface area contributed by atoms with Gasteiger partial charge in [0, 0.05) is 23.8 Å². The van der Waals surface area contributed by atoms with Crippen LogP contribution in [0.1, 0.15) is 15.9 Å². The van der Waals surface area contributed by atoms with Crippen LogP contribution in [0.4, 0.5) is 17.1 Å². The van der Waals surface area contributed by atoms with Crippen LogP contribution in [0.25, 0.3) is 0 Å². The largest absolute Gasteiger partial charge is 0.321 e. The van der Waals surface area contributed by atoms with Gasteiger partial charge in [0.25, 0.3) is 17.3 Å². The van der Waals surface area contributed by atoms with Gasteiger partial charge in [0.1, 0.15) is 5.02 Å². The molecular formula is C14H10ClN3O5. The Balaban J connectivity index is 2.33. The fourth-order valence-corrected chi connectivity index (χ4v) is 2.03. The van der Waals surface area contributed by atoms with Gasteiger partial charge < -0.3 is 5.32 Å². The van der Waals surface area contributed by atoms with E-state index in [1.807, 2.05) is 0 Å². The summed E-state index contributed by atoms with van der Waals surface area (Å²) in [5, 5.41) is 24.0. The predicted molar refractivity (Wildman–Crippen MR) is 83.9 cm³/mol. The number of anilines is 1. The van der Waals surface area contributed by atoms with Gasteiger partial charge in [-0.3, -0.25) is 25.0 Å². The summed E-state index contributed by atoms with van der Waals surface area (Å²) in [6, 6.07) is 7.66. The Morgan fingerprint density at radius 2 is 1.78 bits per heavy atom. The molecule has 0 aliphatic rings. The summed E-state index contributed by atoms with van der Waals surface area (Å²) < 4.78 is 0. The molecule has 0 aliphatic heterocycles. The summed E-state index contributed by atoms with van der Waals surface area (Å²) in [7, 11) is 0. The van der Waals surface area contributed by atoms with Gasteiger partial charge in [-0.1, -0.05) is 17.7 Å². The van der Waals surface area contributed by atoms with Gasteiger partial charge in [-0.2, -0.15) is 0 Å². The Labute approximate surface area is 135 Å². The second kappa shape index (κ2) is 6.41. The highest BCUT2D eigenvalue weighted by atomic mass is 35.5. The van der Waals surface area contributed by atoms with Gasteiger partial charge in [0.05, 0.1) is 15.5 Å². The van der Waals surface area contributed by atoms with E-state index in [-0.39, 0.29) is 22.0 Å². The van der Waals surface area contributed by atoms with Crippen LogP contribution in [0.15, 0.2) is 36.4 Å². The van der Waals surface area contributed by atoms with Gasteiger partial charge in [0.15, 0.2) is 0 Å².